The molecule has 7 heteroatoms. The molecule has 1 N–H and O–H groups in total. The molecule has 3 amide bonds. The SMILES string of the molecule is O=C1C2C3CCCN3C3(C(=O)Nc4c(Cl)cccc43)C2C(=O)N1c1ccccc1. The van der Waals surface area contributed by atoms with Crippen LogP contribution >= 0.6 is 11.6 Å². The number of nitrogens with zero attached hydrogens (tertiary/aromatic N) is 2. The Hall–Kier alpha value is -2.70. The number of nitrogens with one attached hydrogen (secondary N) is 1. The smallest absolute Gasteiger partial charge is 0.250 e. The number of hydrogen-bond donors (Lipinski definition) is 1. The molecule has 0 bridgehead atoms. The van der Waals surface area contributed by atoms with Gasteiger partial charge in [-0.1, -0.05) is 41.9 Å². The fourth-order valence-corrected chi connectivity index (χ4v) is 6.25. The van der Waals surface area contributed by atoms with Gasteiger partial charge in [0.1, 0.15) is 5.54 Å². The maximum absolute atomic E-state index is 13.7. The number of fused-ring (bicyclic) bond motifs is 7. The minimum atomic E-state index is -1.18. The summed E-state index contributed by atoms with van der Waals surface area (Å²) in [6, 6.07) is 14.2. The van der Waals surface area contributed by atoms with Crippen LogP contribution in [-0.2, 0) is 19.9 Å². The van der Waals surface area contributed by atoms with Crippen molar-refractivity contribution < 1.29 is 14.4 Å². The summed E-state index contributed by atoms with van der Waals surface area (Å²) in [7, 11) is 0. The maximum atomic E-state index is 13.7. The van der Waals surface area contributed by atoms with Crippen molar-refractivity contribution in [3.63, 3.8) is 0 Å². The lowest BCUT2D eigenvalue weighted by Crippen LogP contribution is -2.54. The predicted molar refractivity (Wildman–Crippen MR) is 107 cm³/mol. The van der Waals surface area contributed by atoms with Crippen molar-refractivity contribution in [1.82, 2.24) is 4.90 Å². The molecule has 3 saturated heterocycles. The van der Waals surface area contributed by atoms with Gasteiger partial charge in [-0.3, -0.25) is 19.3 Å². The van der Waals surface area contributed by atoms with Gasteiger partial charge in [-0.15, -0.1) is 0 Å². The second-order valence-corrected chi connectivity index (χ2v) is 8.54. The van der Waals surface area contributed by atoms with E-state index >= 15 is 0 Å². The highest BCUT2D eigenvalue weighted by Crippen LogP contribution is 2.61. The number of carbonyl (C=O) groups excluding carboxylic acids is 3. The van der Waals surface area contributed by atoms with Crippen LogP contribution in [0.5, 0.6) is 0 Å². The van der Waals surface area contributed by atoms with Gasteiger partial charge >= 0.3 is 0 Å². The van der Waals surface area contributed by atoms with Crippen LogP contribution < -0.4 is 10.2 Å². The van der Waals surface area contributed by atoms with Gasteiger partial charge in [-0.25, -0.2) is 4.90 Å². The van der Waals surface area contributed by atoms with E-state index < -0.39 is 17.4 Å². The maximum Gasteiger partial charge on any atom is 0.250 e. The van der Waals surface area contributed by atoms with Crippen molar-refractivity contribution in [1.29, 1.82) is 0 Å². The first-order valence-electron chi connectivity index (χ1n) is 9.87. The number of para-hydroxylation sites is 2. The molecule has 4 aliphatic rings. The fraction of sp³-hybridized carbons (Fsp3) is 0.318. The second kappa shape index (κ2) is 5.68. The molecule has 3 fully saturated rings. The monoisotopic (exact) mass is 407 g/mol. The van der Waals surface area contributed by atoms with Crippen molar-refractivity contribution in [3.05, 3.63) is 59.1 Å². The summed E-state index contributed by atoms with van der Waals surface area (Å²) in [5.74, 6) is -2.04. The number of carbonyl (C=O) groups is 3. The third-order valence-corrected chi connectivity index (χ3v) is 7.31. The molecule has 4 atom stereocenters. The van der Waals surface area contributed by atoms with Crippen molar-refractivity contribution >= 4 is 40.7 Å². The molecule has 2 aromatic rings. The van der Waals surface area contributed by atoms with Crippen LogP contribution in [0.25, 0.3) is 0 Å². The Bertz CT molecular complexity index is 1090. The highest BCUT2D eigenvalue weighted by molar-refractivity contribution is 6.35. The molecule has 29 heavy (non-hydrogen) atoms. The molecule has 4 unspecified atom stereocenters. The highest BCUT2D eigenvalue weighted by atomic mass is 35.5. The topological polar surface area (TPSA) is 69.7 Å². The lowest BCUT2D eigenvalue weighted by Gasteiger charge is -2.36. The average Bonchev–Trinajstić information content (AvgIpc) is 3.42. The van der Waals surface area contributed by atoms with E-state index in [-0.39, 0.29) is 23.8 Å². The quantitative estimate of drug-likeness (QED) is 0.738. The first-order chi connectivity index (χ1) is 14.1. The summed E-state index contributed by atoms with van der Waals surface area (Å²) in [5, 5.41) is 3.37. The van der Waals surface area contributed by atoms with Crippen molar-refractivity contribution in [3.8, 4) is 0 Å². The summed E-state index contributed by atoms with van der Waals surface area (Å²) < 4.78 is 0. The molecule has 0 aromatic heterocycles. The third kappa shape index (κ3) is 1.89. The Kier molecular flexibility index (Phi) is 3.36. The summed E-state index contributed by atoms with van der Waals surface area (Å²) in [6.45, 7) is 0.683. The largest absolute Gasteiger partial charge is 0.323 e. The lowest BCUT2D eigenvalue weighted by molar-refractivity contribution is -0.135. The molecule has 146 valence electrons. The first kappa shape index (κ1) is 17.2. The molecule has 0 saturated carbocycles. The first-order valence-corrected chi connectivity index (χ1v) is 10.2. The van der Waals surface area contributed by atoms with Crippen molar-refractivity contribution in [2.75, 3.05) is 16.8 Å². The van der Waals surface area contributed by atoms with Crippen LogP contribution in [-0.4, -0.2) is 35.2 Å². The van der Waals surface area contributed by atoms with Crippen molar-refractivity contribution in [2.24, 2.45) is 11.8 Å². The number of rotatable bonds is 1. The predicted octanol–water partition coefficient (Wildman–Crippen LogP) is 2.77. The zero-order valence-electron chi connectivity index (χ0n) is 15.5. The van der Waals surface area contributed by atoms with Gasteiger partial charge in [0, 0.05) is 11.6 Å². The molecule has 0 radical (unpaired) electrons. The molecule has 1 spiro atoms. The van der Waals surface area contributed by atoms with Crippen LogP contribution in [0.3, 0.4) is 0 Å². The number of hydrogen-bond acceptors (Lipinski definition) is 4. The number of imide groups is 1. The van der Waals surface area contributed by atoms with Crippen LogP contribution in [0, 0.1) is 11.8 Å². The molecule has 4 aliphatic heterocycles. The zero-order valence-corrected chi connectivity index (χ0v) is 16.2. The third-order valence-electron chi connectivity index (χ3n) is 6.99. The summed E-state index contributed by atoms with van der Waals surface area (Å²) in [6.07, 6.45) is 1.69. The number of amides is 3. The Morgan fingerprint density at radius 1 is 1.00 bits per heavy atom. The molecular formula is C22H18ClN3O3. The van der Waals surface area contributed by atoms with E-state index in [4.69, 9.17) is 11.6 Å². The number of anilines is 2. The molecule has 2 aromatic carbocycles. The number of halogens is 1. The van der Waals surface area contributed by atoms with Gasteiger partial charge in [0.25, 0.3) is 5.91 Å². The lowest BCUT2D eigenvalue weighted by atomic mass is 9.75. The van der Waals surface area contributed by atoms with E-state index in [1.165, 1.54) is 4.90 Å². The minimum Gasteiger partial charge on any atom is -0.323 e. The van der Waals surface area contributed by atoms with E-state index in [1.807, 2.05) is 12.1 Å². The Labute approximate surface area is 172 Å². The molecule has 6 nitrogen and oxygen atoms in total. The Balaban J connectivity index is 1.58. The van der Waals surface area contributed by atoms with Gasteiger partial charge in [-0.2, -0.15) is 0 Å². The summed E-state index contributed by atoms with van der Waals surface area (Å²) >= 11 is 6.38. The van der Waals surface area contributed by atoms with Gasteiger partial charge in [0.2, 0.25) is 11.8 Å². The van der Waals surface area contributed by atoms with Gasteiger partial charge in [0.15, 0.2) is 0 Å². The van der Waals surface area contributed by atoms with E-state index in [0.29, 0.717) is 28.5 Å². The molecule has 4 heterocycles. The Morgan fingerprint density at radius 3 is 2.59 bits per heavy atom. The van der Waals surface area contributed by atoms with E-state index in [0.717, 1.165) is 12.8 Å². The zero-order chi connectivity index (χ0) is 19.9. The van der Waals surface area contributed by atoms with Gasteiger partial charge < -0.3 is 5.32 Å². The van der Waals surface area contributed by atoms with Crippen LogP contribution in [0.1, 0.15) is 18.4 Å². The number of benzene rings is 2. The van der Waals surface area contributed by atoms with Crippen molar-refractivity contribution in [2.45, 2.75) is 24.4 Å². The van der Waals surface area contributed by atoms with Crippen LogP contribution in [0.2, 0.25) is 5.02 Å². The normalized spacial score (nSPS) is 32.7. The Morgan fingerprint density at radius 2 is 1.79 bits per heavy atom. The molecule has 6 rings (SSSR count). The van der Waals surface area contributed by atoms with E-state index in [9.17, 15) is 14.4 Å². The molecule has 0 aliphatic carbocycles. The van der Waals surface area contributed by atoms with Gasteiger partial charge in [0.05, 0.1) is 28.2 Å². The molecular weight excluding hydrogens is 390 g/mol. The second-order valence-electron chi connectivity index (χ2n) is 8.14. The average molecular weight is 408 g/mol. The standard InChI is InChI=1S/C22H18ClN3O3/c23-14-9-4-8-13-18(14)24-21(29)22(13)17-16(15-10-5-11-25(15)22)19(27)26(20(17)28)12-6-2-1-3-7-12/h1-4,6-9,15-17H,5,10-11H2,(H,24,29). The van der Waals surface area contributed by atoms with Crippen LogP contribution in [0.4, 0.5) is 11.4 Å². The van der Waals surface area contributed by atoms with Crippen LogP contribution in [0.15, 0.2) is 48.5 Å². The van der Waals surface area contributed by atoms with E-state index in [2.05, 4.69) is 10.2 Å². The minimum absolute atomic E-state index is 0.124. The summed E-state index contributed by atoms with van der Waals surface area (Å²) in [4.78, 5) is 44.1. The van der Waals surface area contributed by atoms with Gasteiger partial charge in [-0.05, 0) is 37.6 Å². The highest BCUT2D eigenvalue weighted by Gasteiger charge is 2.74. The fourth-order valence-electron chi connectivity index (χ4n) is 6.03. The summed E-state index contributed by atoms with van der Waals surface area (Å²) in [5.41, 5.74) is 0.651. The van der Waals surface area contributed by atoms with E-state index in [1.54, 1.807) is 36.4 Å².